The minimum atomic E-state index is -0.265. The summed E-state index contributed by atoms with van der Waals surface area (Å²) in [6.45, 7) is 4.32. The largest absolute Gasteiger partial charge is 0.457 e. The van der Waals surface area contributed by atoms with Gasteiger partial charge in [-0.1, -0.05) is 25.2 Å². The summed E-state index contributed by atoms with van der Waals surface area (Å²) in [6, 6.07) is 8.92. The first-order valence-electron chi connectivity index (χ1n) is 9.12. The summed E-state index contributed by atoms with van der Waals surface area (Å²) in [6.07, 6.45) is 2.41. The summed E-state index contributed by atoms with van der Waals surface area (Å²) < 4.78 is 6.86. The average molecular weight is 401 g/mol. The van der Waals surface area contributed by atoms with Crippen molar-refractivity contribution in [1.82, 2.24) is 15.3 Å². The van der Waals surface area contributed by atoms with E-state index in [1.165, 1.54) is 17.5 Å². The Labute approximate surface area is 167 Å². The lowest BCUT2D eigenvalue weighted by Crippen LogP contribution is -2.25. The van der Waals surface area contributed by atoms with Crippen LogP contribution in [0, 0.1) is 5.92 Å². The summed E-state index contributed by atoms with van der Waals surface area (Å²) >= 11 is 1.51. The fourth-order valence-corrected chi connectivity index (χ4v) is 3.79. The molecule has 0 fully saturated rings. The van der Waals surface area contributed by atoms with Gasteiger partial charge in [-0.2, -0.15) is 0 Å². The van der Waals surface area contributed by atoms with Gasteiger partial charge in [0, 0.05) is 25.4 Å². The van der Waals surface area contributed by atoms with Gasteiger partial charge in [0.25, 0.3) is 5.91 Å². The molecule has 3 N–H and O–H groups in total. The lowest BCUT2D eigenvalue weighted by molar-refractivity contribution is 0.0958. The molecule has 8 heteroatoms. The predicted molar refractivity (Wildman–Crippen MR) is 111 cm³/mol. The van der Waals surface area contributed by atoms with Gasteiger partial charge in [0.05, 0.1) is 22.9 Å². The van der Waals surface area contributed by atoms with Crippen molar-refractivity contribution in [3.8, 4) is 11.5 Å². The quantitative estimate of drug-likeness (QED) is 0.534. The van der Waals surface area contributed by atoms with Crippen LogP contribution in [0.3, 0.4) is 0 Å². The number of nitrogens with zero attached hydrogens (tertiary/aromatic N) is 2. The normalized spacial score (nSPS) is 12.2. The third-order valence-corrected chi connectivity index (χ3v) is 5.04. The summed E-state index contributed by atoms with van der Waals surface area (Å²) in [4.78, 5) is 20.3. The number of carbonyl (C=O) groups is 1. The molecule has 0 radical (unpaired) electrons. The molecular formula is C20H24N4O3S. The van der Waals surface area contributed by atoms with Crippen molar-refractivity contribution in [3.63, 3.8) is 0 Å². The molecule has 1 aromatic carbocycles. The second-order valence-electron chi connectivity index (χ2n) is 6.86. The van der Waals surface area contributed by atoms with Crippen LogP contribution in [0.2, 0.25) is 0 Å². The highest BCUT2D eigenvalue weighted by molar-refractivity contribution is 7.22. The Bertz CT molecular complexity index is 958. The number of pyridine rings is 1. The van der Waals surface area contributed by atoms with Crippen LogP contribution in [0.4, 0.5) is 5.13 Å². The van der Waals surface area contributed by atoms with E-state index in [4.69, 9.17) is 4.74 Å². The number of aliphatic hydroxyl groups excluding tert-OH is 1. The highest BCUT2D eigenvalue weighted by atomic mass is 32.1. The Morgan fingerprint density at radius 2 is 2.04 bits per heavy atom. The molecule has 2 heterocycles. The predicted octanol–water partition coefficient (Wildman–Crippen LogP) is 3.66. The van der Waals surface area contributed by atoms with Crippen LogP contribution in [-0.4, -0.2) is 40.7 Å². The molecule has 0 aliphatic carbocycles. The number of fused-ring (bicyclic) bond motifs is 1. The highest BCUT2D eigenvalue weighted by Gasteiger charge is 2.13. The zero-order chi connectivity index (χ0) is 20.1. The number of ether oxygens (including phenoxy) is 1. The number of aromatic nitrogens is 2. The average Bonchev–Trinajstić information content (AvgIpc) is 3.08. The van der Waals surface area contributed by atoms with Gasteiger partial charge in [-0.25, -0.2) is 4.98 Å². The minimum Gasteiger partial charge on any atom is -0.457 e. The van der Waals surface area contributed by atoms with E-state index in [-0.39, 0.29) is 18.6 Å². The molecule has 2 aromatic heterocycles. The lowest BCUT2D eigenvalue weighted by atomic mass is 10.0. The molecule has 0 bridgehead atoms. The topological polar surface area (TPSA) is 96.4 Å². The van der Waals surface area contributed by atoms with E-state index in [1.54, 1.807) is 19.2 Å². The molecule has 1 amide bonds. The van der Waals surface area contributed by atoms with Crippen LogP contribution in [0.5, 0.6) is 11.5 Å². The molecule has 0 saturated heterocycles. The highest BCUT2D eigenvalue weighted by Crippen LogP contribution is 2.32. The van der Waals surface area contributed by atoms with Gasteiger partial charge < -0.3 is 20.5 Å². The summed E-state index contributed by atoms with van der Waals surface area (Å²) in [7, 11) is 1.56. The molecule has 0 saturated carbocycles. The fraction of sp³-hybridized carbons (Fsp3) is 0.350. The fourth-order valence-electron chi connectivity index (χ4n) is 2.82. The van der Waals surface area contributed by atoms with E-state index < -0.39 is 0 Å². The van der Waals surface area contributed by atoms with Gasteiger partial charge in [-0.15, -0.1) is 0 Å². The van der Waals surface area contributed by atoms with Crippen molar-refractivity contribution in [2.75, 3.05) is 19.0 Å². The monoisotopic (exact) mass is 400 g/mol. The van der Waals surface area contributed by atoms with E-state index in [0.717, 1.165) is 21.8 Å². The first-order valence-corrected chi connectivity index (χ1v) is 9.94. The number of aliphatic hydroxyl groups is 1. The minimum absolute atomic E-state index is 0.0174. The number of benzene rings is 1. The molecular weight excluding hydrogens is 376 g/mol. The Morgan fingerprint density at radius 3 is 2.75 bits per heavy atom. The van der Waals surface area contributed by atoms with Crippen LogP contribution >= 0.6 is 11.3 Å². The van der Waals surface area contributed by atoms with E-state index in [1.807, 2.05) is 18.2 Å². The summed E-state index contributed by atoms with van der Waals surface area (Å²) in [5.74, 6) is 1.41. The Morgan fingerprint density at radius 1 is 1.25 bits per heavy atom. The van der Waals surface area contributed by atoms with Crippen molar-refractivity contribution in [3.05, 3.63) is 42.2 Å². The number of carbonyl (C=O) groups excluding carboxylic acids is 1. The molecule has 28 heavy (non-hydrogen) atoms. The number of hydrogen-bond acceptors (Lipinski definition) is 7. The first-order chi connectivity index (χ1) is 13.5. The van der Waals surface area contributed by atoms with Gasteiger partial charge in [0.1, 0.15) is 17.2 Å². The molecule has 7 nitrogen and oxygen atoms in total. The van der Waals surface area contributed by atoms with Crippen molar-refractivity contribution >= 4 is 32.6 Å². The maximum Gasteiger partial charge on any atom is 0.269 e. The van der Waals surface area contributed by atoms with Gasteiger partial charge in [-0.3, -0.25) is 9.78 Å². The smallest absolute Gasteiger partial charge is 0.269 e. The van der Waals surface area contributed by atoms with Crippen molar-refractivity contribution in [2.45, 2.75) is 26.3 Å². The van der Waals surface area contributed by atoms with Gasteiger partial charge in [0.2, 0.25) is 0 Å². The zero-order valence-corrected chi connectivity index (χ0v) is 16.9. The second-order valence-corrected chi connectivity index (χ2v) is 7.89. The molecule has 0 aliphatic rings. The Balaban J connectivity index is 1.76. The molecule has 148 valence electrons. The maximum absolute atomic E-state index is 11.7. The number of amides is 1. The van der Waals surface area contributed by atoms with E-state index in [2.05, 4.69) is 34.4 Å². The summed E-state index contributed by atoms with van der Waals surface area (Å²) in [5.41, 5.74) is 1.16. The first kappa shape index (κ1) is 20.0. The number of hydrogen-bond donors (Lipinski definition) is 3. The Hall–Kier alpha value is -2.71. The van der Waals surface area contributed by atoms with E-state index >= 15 is 0 Å². The van der Waals surface area contributed by atoms with Crippen molar-refractivity contribution < 1.29 is 14.6 Å². The standard InChI is InChI=1S/C20H24N4O3S/c1-12(2)8-13(11-25)23-20-24-16-5-4-14(10-18(16)28-20)27-15-6-7-22-17(9-15)19(26)21-3/h4-7,9-10,12-13,25H,8,11H2,1-3H3,(H,21,26)(H,23,24). The van der Waals surface area contributed by atoms with Gasteiger partial charge >= 0.3 is 0 Å². The van der Waals surface area contributed by atoms with Gasteiger partial charge in [0.15, 0.2) is 5.13 Å². The lowest BCUT2D eigenvalue weighted by Gasteiger charge is -2.17. The van der Waals surface area contributed by atoms with Crippen LogP contribution < -0.4 is 15.4 Å². The van der Waals surface area contributed by atoms with Gasteiger partial charge in [-0.05, 0) is 30.5 Å². The van der Waals surface area contributed by atoms with Crippen molar-refractivity contribution in [1.29, 1.82) is 0 Å². The third-order valence-electron chi connectivity index (χ3n) is 4.09. The molecule has 3 aromatic rings. The van der Waals surface area contributed by atoms with Crippen LogP contribution in [0.25, 0.3) is 10.2 Å². The molecule has 1 atom stereocenters. The van der Waals surface area contributed by atoms with E-state index in [9.17, 15) is 9.90 Å². The zero-order valence-electron chi connectivity index (χ0n) is 16.1. The molecule has 0 aliphatic heterocycles. The number of nitrogens with one attached hydrogen (secondary N) is 2. The van der Waals surface area contributed by atoms with Crippen LogP contribution in [-0.2, 0) is 0 Å². The van der Waals surface area contributed by atoms with Crippen LogP contribution in [0.1, 0.15) is 30.8 Å². The molecule has 0 spiro atoms. The number of thiazole rings is 1. The van der Waals surface area contributed by atoms with Crippen LogP contribution in [0.15, 0.2) is 36.5 Å². The third kappa shape index (κ3) is 4.96. The molecule has 1 unspecified atom stereocenters. The van der Waals surface area contributed by atoms with Crippen molar-refractivity contribution in [2.24, 2.45) is 5.92 Å². The van der Waals surface area contributed by atoms with E-state index in [0.29, 0.717) is 23.1 Å². The second kappa shape index (κ2) is 8.99. The maximum atomic E-state index is 11.7. The molecule has 3 rings (SSSR count). The Kier molecular flexibility index (Phi) is 6.43. The number of anilines is 1. The number of rotatable bonds is 8. The summed E-state index contributed by atoms with van der Waals surface area (Å²) in [5, 5.41) is 16.2. The SMILES string of the molecule is CNC(=O)c1cc(Oc2ccc3nc(NC(CO)CC(C)C)sc3c2)ccn1.